The fourth-order valence-electron chi connectivity index (χ4n) is 4.77. The largest absolute Gasteiger partial charge is 0.496 e. The van der Waals surface area contributed by atoms with Crippen molar-refractivity contribution in [2.75, 3.05) is 34.1 Å². The number of rotatable bonds is 7. The van der Waals surface area contributed by atoms with Crippen molar-refractivity contribution in [3.05, 3.63) is 69.5 Å². The summed E-state index contributed by atoms with van der Waals surface area (Å²) in [7, 11) is 3.07. The minimum atomic E-state index is -0.340. The molecule has 1 N–H and O–H groups in total. The Morgan fingerprint density at radius 2 is 1.94 bits per heavy atom. The highest BCUT2D eigenvalue weighted by molar-refractivity contribution is 5.98. The molecule has 0 bridgehead atoms. The monoisotopic (exact) mass is 495 g/mol. The van der Waals surface area contributed by atoms with Crippen LogP contribution in [-0.2, 0) is 19.5 Å². The second-order valence-electron chi connectivity index (χ2n) is 8.79. The van der Waals surface area contributed by atoms with Crippen molar-refractivity contribution in [1.29, 1.82) is 0 Å². The molecular formula is C26H29N3O7. The van der Waals surface area contributed by atoms with Crippen molar-refractivity contribution in [1.82, 2.24) is 14.8 Å². The van der Waals surface area contributed by atoms with Crippen LogP contribution in [0.3, 0.4) is 0 Å². The van der Waals surface area contributed by atoms with Gasteiger partial charge in [-0.15, -0.1) is 0 Å². The normalized spacial score (nSPS) is 15.6. The van der Waals surface area contributed by atoms with Crippen molar-refractivity contribution in [3.8, 4) is 23.0 Å². The number of hydrogen-bond acceptors (Lipinski definition) is 8. The molecule has 0 fully saturated rings. The van der Waals surface area contributed by atoms with Gasteiger partial charge in [0.25, 0.3) is 11.5 Å². The molecule has 4 heterocycles. The maximum absolute atomic E-state index is 13.4. The Morgan fingerprint density at radius 1 is 1.11 bits per heavy atom. The number of furan rings is 1. The summed E-state index contributed by atoms with van der Waals surface area (Å²) in [6.07, 6.45) is 2.07. The van der Waals surface area contributed by atoms with Gasteiger partial charge in [0, 0.05) is 44.4 Å². The van der Waals surface area contributed by atoms with E-state index in [0.717, 1.165) is 5.56 Å². The lowest BCUT2D eigenvalue weighted by molar-refractivity contribution is 0.0930. The summed E-state index contributed by atoms with van der Waals surface area (Å²) in [5, 5.41) is 2.97. The molecule has 3 aromatic rings. The Morgan fingerprint density at radius 3 is 2.69 bits per heavy atom. The standard InChI is InChI=1S/C26H29N3O7/c1-16(19-5-4-10-34-19)27-26(31)24-18-6-7-28(8-9-29(18)23(30)13-20(24)32-2)14-17-11-21(33-3)25-22(12-17)35-15-36-25/h4-5,10-13,16H,6-9,14-15H2,1-3H3,(H,27,31)/t16-/m0/s1. The third kappa shape index (κ3) is 4.51. The number of ether oxygens (including phenoxy) is 4. The van der Waals surface area contributed by atoms with Crippen LogP contribution in [0.5, 0.6) is 23.0 Å². The van der Waals surface area contributed by atoms with Crippen LogP contribution in [0.4, 0.5) is 0 Å². The second-order valence-corrected chi connectivity index (χ2v) is 8.79. The van der Waals surface area contributed by atoms with Crippen LogP contribution in [0, 0.1) is 0 Å². The van der Waals surface area contributed by atoms with Gasteiger partial charge in [-0.3, -0.25) is 14.5 Å². The van der Waals surface area contributed by atoms with Gasteiger partial charge in [-0.05, 0) is 36.8 Å². The number of benzene rings is 1. The molecule has 36 heavy (non-hydrogen) atoms. The predicted molar refractivity (Wildman–Crippen MR) is 130 cm³/mol. The molecular weight excluding hydrogens is 466 g/mol. The second kappa shape index (κ2) is 9.98. The molecule has 0 saturated carbocycles. The third-order valence-electron chi connectivity index (χ3n) is 6.57. The summed E-state index contributed by atoms with van der Waals surface area (Å²) in [5.74, 6) is 2.50. The van der Waals surface area contributed by atoms with Gasteiger partial charge in [-0.25, -0.2) is 0 Å². The van der Waals surface area contributed by atoms with Gasteiger partial charge in [-0.1, -0.05) is 0 Å². The third-order valence-corrected chi connectivity index (χ3v) is 6.57. The summed E-state index contributed by atoms with van der Waals surface area (Å²) in [6.45, 7) is 4.38. The molecule has 190 valence electrons. The summed E-state index contributed by atoms with van der Waals surface area (Å²) in [5.41, 5.74) is 1.86. The smallest absolute Gasteiger partial charge is 0.257 e. The first kappa shape index (κ1) is 23.8. The number of nitrogens with one attached hydrogen (secondary N) is 1. The Kier molecular flexibility index (Phi) is 6.60. The van der Waals surface area contributed by atoms with E-state index in [9.17, 15) is 9.59 Å². The maximum Gasteiger partial charge on any atom is 0.257 e. The van der Waals surface area contributed by atoms with Crippen LogP contribution < -0.4 is 29.8 Å². The van der Waals surface area contributed by atoms with E-state index in [2.05, 4.69) is 10.2 Å². The number of hydrogen-bond donors (Lipinski definition) is 1. The molecule has 1 atom stereocenters. The van der Waals surface area contributed by atoms with Gasteiger partial charge in [-0.2, -0.15) is 0 Å². The van der Waals surface area contributed by atoms with Gasteiger partial charge in [0.1, 0.15) is 17.1 Å². The lowest BCUT2D eigenvalue weighted by Crippen LogP contribution is -2.32. The highest BCUT2D eigenvalue weighted by Crippen LogP contribution is 2.42. The fourth-order valence-corrected chi connectivity index (χ4v) is 4.77. The molecule has 0 radical (unpaired) electrons. The molecule has 10 nitrogen and oxygen atoms in total. The van der Waals surface area contributed by atoms with E-state index in [1.165, 1.54) is 13.2 Å². The molecule has 10 heteroatoms. The average Bonchev–Trinajstić information content (AvgIpc) is 3.54. The Labute approximate surface area is 208 Å². The van der Waals surface area contributed by atoms with Gasteiger partial charge < -0.3 is 33.2 Å². The van der Waals surface area contributed by atoms with Crippen LogP contribution in [0.25, 0.3) is 0 Å². The maximum atomic E-state index is 13.4. The van der Waals surface area contributed by atoms with E-state index in [4.69, 9.17) is 23.4 Å². The zero-order valence-electron chi connectivity index (χ0n) is 20.5. The topological polar surface area (TPSA) is 104 Å². The molecule has 2 aliphatic rings. The number of amides is 1. The van der Waals surface area contributed by atoms with Crippen LogP contribution in [0.1, 0.15) is 40.3 Å². The Bertz CT molecular complexity index is 1320. The van der Waals surface area contributed by atoms with Crippen molar-refractivity contribution < 1.29 is 28.2 Å². The Balaban J connectivity index is 1.39. The molecule has 0 saturated heterocycles. The van der Waals surface area contributed by atoms with Crippen LogP contribution in [0.15, 0.2) is 45.8 Å². The average molecular weight is 496 g/mol. The van der Waals surface area contributed by atoms with E-state index in [-0.39, 0.29) is 30.1 Å². The molecule has 1 amide bonds. The number of aromatic nitrogens is 1. The molecule has 1 aromatic carbocycles. The summed E-state index contributed by atoms with van der Waals surface area (Å²) in [4.78, 5) is 28.5. The van der Waals surface area contributed by atoms with E-state index in [1.807, 2.05) is 19.1 Å². The summed E-state index contributed by atoms with van der Waals surface area (Å²) < 4.78 is 29.1. The fraction of sp³-hybridized carbons (Fsp3) is 0.385. The molecule has 0 spiro atoms. The Hall–Kier alpha value is -3.92. The molecule has 0 unspecified atom stereocenters. The quantitative estimate of drug-likeness (QED) is 0.534. The van der Waals surface area contributed by atoms with E-state index in [1.54, 1.807) is 30.1 Å². The highest BCUT2D eigenvalue weighted by atomic mass is 16.7. The number of carbonyl (C=O) groups excluding carboxylic acids is 1. The SMILES string of the molecule is COc1cc(CN2CCc3c(C(=O)N[C@@H](C)c4ccco4)c(OC)cc(=O)n3CC2)cc2c1OCO2. The first-order valence-corrected chi connectivity index (χ1v) is 11.8. The van der Waals surface area contributed by atoms with Gasteiger partial charge in [0.15, 0.2) is 11.5 Å². The van der Waals surface area contributed by atoms with Gasteiger partial charge in [0.2, 0.25) is 12.5 Å². The molecule has 0 aliphatic carbocycles. The zero-order valence-corrected chi connectivity index (χ0v) is 20.5. The molecule has 5 rings (SSSR count). The van der Waals surface area contributed by atoms with Crippen LogP contribution >= 0.6 is 0 Å². The van der Waals surface area contributed by atoms with Crippen molar-refractivity contribution in [2.45, 2.75) is 32.5 Å². The molecule has 2 aliphatic heterocycles. The van der Waals surface area contributed by atoms with Gasteiger partial charge >= 0.3 is 0 Å². The number of fused-ring (bicyclic) bond motifs is 2. The summed E-state index contributed by atoms with van der Waals surface area (Å²) >= 11 is 0. The van der Waals surface area contributed by atoms with Crippen molar-refractivity contribution >= 4 is 5.91 Å². The number of pyridine rings is 1. The minimum absolute atomic E-state index is 0.169. The van der Waals surface area contributed by atoms with Crippen LogP contribution in [0.2, 0.25) is 0 Å². The first-order chi connectivity index (χ1) is 17.5. The predicted octanol–water partition coefficient (Wildman–Crippen LogP) is 2.74. The first-order valence-electron chi connectivity index (χ1n) is 11.8. The van der Waals surface area contributed by atoms with Crippen molar-refractivity contribution in [3.63, 3.8) is 0 Å². The van der Waals surface area contributed by atoms with Crippen LogP contribution in [-0.4, -0.2) is 49.5 Å². The summed E-state index contributed by atoms with van der Waals surface area (Å²) in [6, 6.07) is 8.52. The highest BCUT2D eigenvalue weighted by Gasteiger charge is 2.27. The van der Waals surface area contributed by atoms with Crippen molar-refractivity contribution in [2.24, 2.45) is 0 Å². The van der Waals surface area contributed by atoms with Gasteiger partial charge in [0.05, 0.1) is 26.5 Å². The van der Waals surface area contributed by atoms with E-state index < -0.39 is 0 Å². The lowest BCUT2D eigenvalue weighted by Gasteiger charge is -2.20. The minimum Gasteiger partial charge on any atom is -0.496 e. The lowest BCUT2D eigenvalue weighted by atomic mass is 10.1. The van der Waals surface area contributed by atoms with E-state index >= 15 is 0 Å². The molecule has 2 aromatic heterocycles. The number of carbonyl (C=O) groups is 1. The van der Waals surface area contributed by atoms with E-state index in [0.29, 0.717) is 66.9 Å². The number of methoxy groups -OCH3 is 2. The zero-order chi connectivity index (χ0) is 25.2. The number of nitrogens with zero attached hydrogens (tertiary/aromatic N) is 2.